The Hall–Kier alpha value is -5.86. The van der Waals surface area contributed by atoms with Crippen LogP contribution in [0.2, 0.25) is 0 Å². The summed E-state index contributed by atoms with van der Waals surface area (Å²) < 4.78 is 6.71. The third-order valence-electron chi connectivity index (χ3n) is 12.3. The summed E-state index contributed by atoms with van der Waals surface area (Å²) in [6.45, 7) is 13.9. The lowest BCUT2D eigenvalue weighted by atomic mass is 9.82. The van der Waals surface area contributed by atoms with E-state index in [0.717, 1.165) is 44.7 Å². The molecular weight excluding hydrogens is 643 g/mol. The van der Waals surface area contributed by atoms with Crippen LogP contribution in [0.1, 0.15) is 75.3 Å². The zero-order valence-corrected chi connectivity index (χ0v) is 31.3. The van der Waals surface area contributed by atoms with Gasteiger partial charge in [0.05, 0.1) is 0 Å². The number of rotatable bonds is 5. The fourth-order valence-electron chi connectivity index (χ4n) is 9.42. The number of para-hydroxylation sites is 2. The van der Waals surface area contributed by atoms with Gasteiger partial charge in [0, 0.05) is 44.2 Å². The SMILES string of the molecule is CC(C)c1cccc2c1oc1c(-c3ccc(N(c4ccc5c(c4)C(C)(C)c4ccccc4-5)c4ccc5c(c4)C(C)(C)c4ccccc4-5)cc3)cccc12. The van der Waals surface area contributed by atoms with E-state index in [4.69, 9.17) is 4.42 Å². The molecule has 53 heavy (non-hydrogen) atoms. The van der Waals surface area contributed by atoms with Crippen LogP contribution in [-0.2, 0) is 10.8 Å². The summed E-state index contributed by atoms with van der Waals surface area (Å²) in [4.78, 5) is 2.44. The van der Waals surface area contributed by atoms with Gasteiger partial charge >= 0.3 is 0 Å². The molecule has 0 unspecified atom stereocenters. The lowest BCUT2D eigenvalue weighted by Crippen LogP contribution is -2.18. The number of fused-ring (bicyclic) bond motifs is 9. The molecule has 2 heteroatoms. The van der Waals surface area contributed by atoms with Crippen molar-refractivity contribution in [2.24, 2.45) is 0 Å². The van der Waals surface area contributed by atoms with Gasteiger partial charge in [-0.05, 0) is 98.0 Å². The molecule has 0 atom stereocenters. The monoisotopic (exact) mass is 685 g/mol. The van der Waals surface area contributed by atoms with Crippen LogP contribution in [0.3, 0.4) is 0 Å². The number of hydrogen-bond donors (Lipinski definition) is 0. The summed E-state index contributed by atoms with van der Waals surface area (Å²) in [5.74, 6) is 0.380. The predicted octanol–water partition coefficient (Wildman–Crippen LogP) is 14.5. The number of furan rings is 1. The third kappa shape index (κ3) is 4.58. The topological polar surface area (TPSA) is 16.4 Å². The molecule has 0 fully saturated rings. The Morgan fingerprint density at radius 1 is 0.434 bits per heavy atom. The van der Waals surface area contributed by atoms with Gasteiger partial charge in [0.2, 0.25) is 0 Å². The zero-order valence-electron chi connectivity index (χ0n) is 31.3. The van der Waals surface area contributed by atoms with Crippen LogP contribution < -0.4 is 4.90 Å². The quantitative estimate of drug-likeness (QED) is 0.179. The van der Waals surface area contributed by atoms with Crippen LogP contribution in [-0.4, -0.2) is 0 Å². The molecule has 0 radical (unpaired) electrons. The Bertz CT molecular complexity index is 2650. The van der Waals surface area contributed by atoms with Gasteiger partial charge in [-0.3, -0.25) is 0 Å². The first-order valence-corrected chi connectivity index (χ1v) is 19.0. The predicted molar refractivity (Wildman–Crippen MR) is 223 cm³/mol. The molecule has 0 saturated heterocycles. The van der Waals surface area contributed by atoms with E-state index in [9.17, 15) is 0 Å². The minimum Gasteiger partial charge on any atom is -0.455 e. The molecule has 0 amide bonds. The van der Waals surface area contributed by atoms with Crippen LogP contribution in [0, 0.1) is 0 Å². The lowest BCUT2D eigenvalue weighted by Gasteiger charge is -2.30. The summed E-state index contributed by atoms with van der Waals surface area (Å²) in [5.41, 5.74) is 19.5. The van der Waals surface area contributed by atoms with E-state index in [0.29, 0.717) is 5.92 Å². The average molecular weight is 686 g/mol. The normalized spacial score (nSPS) is 14.7. The highest BCUT2D eigenvalue weighted by Crippen LogP contribution is 2.53. The smallest absolute Gasteiger partial charge is 0.143 e. The molecule has 1 aromatic heterocycles. The average Bonchev–Trinajstić information content (AvgIpc) is 3.75. The van der Waals surface area contributed by atoms with E-state index < -0.39 is 0 Å². The highest BCUT2D eigenvalue weighted by atomic mass is 16.3. The third-order valence-corrected chi connectivity index (χ3v) is 12.3. The number of hydrogen-bond acceptors (Lipinski definition) is 2. The van der Waals surface area contributed by atoms with Gasteiger partial charge in [0.1, 0.15) is 11.2 Å². The minimum atomic E-state index is -0.0975. The molecule has 0 aliphatic heterocycles. The van der Waals surface area contributed by atoms with Crippen molar-refractivity contribution in [3.05, 3.63) is 173 Å². The van der Waals surface area contributed by atoms with Crippen LogP contribution in [0.4, 0.5) is 17.1 Å². The van der Waals surface area contributed by atoms with Gasteiger partial charge in [0.15, 0.2) is 0 Å². The van der Waals surface area contributed by atoms with Crippen molar-refractivity contribution in [1.82, 2.24) is 0 Å². The molecule has 2 aliphatic carbocycles. The van der Waals surface area contributed by atoms with Crippen LogP contribution in [0.25, 0.3) is 55.3 Å². The van der Waals surface area contributed by atoms with Crippen molar-refractivity contribution in [3.8, 4) is 33.4 Å². The van der Waals surface area contributed by atoms with Crippen molar-refractivity contribution < 1.29 is 4.42 Å². The Labute approximate surface area is 312 Å². The van der Waals surface area contributed by atoms with E-state index in [-0.39, 0.29) is 10.8 Å². The molecule has 0 spiro atoms. The Balaban J connectivity index is 1.13. The van der Waals surface area contributed by atoms with E-state index in [1.54, 1.807) is 0 Å². The maximum Gasteiger partial charge on any atom is 0.143 e. The summed E-state index contributed by atoms with van der Waals surface area (Å²) in [5, 5.41) is 2.34. The van der Waals surface area contributed by atoms with Crippen LogP contribution >= 0.6 is 0 Å². The van der Waals surface area contributed by atoms with Gasteiger partial charge in [-0.15, -0.1) is 0 Å². The molecule has 8 aromatic rings. The fourth-order valence-corrected chi connectivity index (χ4v) is 9.42. The minimum absolute atomic E-state index is 0.0975. The second-order valence-corrected chi connectivity index (χ2v) is 16.3. The summed E-state index contributed by atoms with van der Waals surface area (Å²) >= 11 is 0. The first-order valence-electron chi connectivity index (χ1n) is 19.0. The van der Waals surface area contributed by atoms with Crippen LogP contribution in [0.15, 0.2) is 150 Å². The standard InChI is InChI=1S/C51H43NO/c1-31(2)36-15-11-17-42-43-18-12-16-37(49(43)53-48(36)42)32-21-23-33(24-22-32)52(34-25-27-40-38-13-7-9-19-44(38)50(3,4)46(40)29-34)35-26-28-41-39-14-8-10-20-45(39)51(5,6)47(41)30-35/h7-31H,1-6H3. The molecule has 0 bridgehead atoms. The van der Waals surface area contributed by atoms with Gasteiger partial charge in [-0.25, -0.2) is 0 Å². The van der Waals surface area contributed by atoms with Gasteiger partial charge in [-0.2, -0.15) is 0 Å². The molecule has 0 saturated carbocycles. The Morgan fingerprint density at radius 3 is 1.47 bits per heavy atom. The molecule has 2 aliphatic rings. The molecule has 1 heterocycles. The van der Waals surface area contributed by atoms with E-state index >= 15 is 0 Å². The van der Waals surface area contributed by atoms with Crippen molar-refractivity contribution in [2.75, 3.05) is 4.90 Å². The zero-order chi connectivity index (χ0) is 36.2. The molecule has 10 rings (SSSR count). The summed E-state index contributed by atoms with van der Waals surface area (Å²) in [7, 11) is 0. The summed E-state index contributed by atoms with van der Waals surface area (Å²) in [6, 6.07) is 54.0. The van der Waals surface area contributed by atoms with Crippen molar-refractivity contribution >= 4 is 39.0 Å². The van der Waals surface area contributed by atoms with Crippen molar-refractivity contribution in [2.45, 2.75) is 58.3 Å². The highest BCUT2D eigenvalue weighted by Gasteiger charge is 2.37. The largest absolute Gasteiger partial charge is 0.455 e. The highest BCUT2D eigenvalue weighted by molar-refractivity contribution is 6.10. The Kier molecular flexibility index (Phi) is 6.80. The first kappa shape index (κ1) is 31.8. The fraction of sp³-hybridized carbons (Fsp3) is 0.176. The van der Waals surface area contributed by atoms with E-state index in [2.05, 4.69) is 192 Å². The van der Waals surface area contributed by atoms with E-state index in [1.807, 2.05) is 0 Å². The number of benzene rings is 7. The molecule has 2 nitrogen and oxygen atoms in total. The molecular formula is C51H43NO. The second-order valence-electron chi connectivity index (χ2n) is 16.3. The van der Waals surface area contributed by atoms with Gasteiger partial charge in [-0.1, -0.05) is 151 Å². The van der Waals surface area contributed by atoms with Gasteiger partial charge < -0.3 is 9.32 Å². The van der Waals surface area contributed by atoms with Gasteiger partial charge in [0.25, 0.3) is 0 Å². The van der Waals surface area contributed by atoms with Crippen LogP contribution in [0.5, 0.6) is 0 Å². The van der Waals surface area contributed by atoms with Crippen molar-refractivity contribution in [1.29, 1.82) is 0 Å². The Morgan fingerprint density at radius 2 is 0.906 bits per heavy atom. The summed E-state index contributed by atoms with van der Waals surface area (Å²) in [6.07, 6.45) is 0. The van der Waals surface area contributed by atoms with E-state index in [1.165, 1.54) is 55.5 Å². The lowest BCUT2D eigenvalue weighted by molar-refractivity contribution is 0.658. The maximum absolute atomic E-state index is 6.71. The molecule has 258 valence electrons. The number of anilines is 3. The molecule has 7 aromatic carbocycles. The molecule has 0 N–H and O–H groups in total. The number of nitrogens with zero attached hydrogens (tertiary/aromatic N) is 1. The first-order chi connectivity index (χ1) is 25.6. The maximum atomic E-state index is 6.71. The second kappa shape index (κ2) is 11.3. The van der Waals surface area contributed by atoms with Crippen molar-refractivity contribution in [3.63, 3.8) is 0 Å².